The molecule has 2 aliphatic rings. The summed E-state index contributed by atoms with van der Waals surface area (Å²) >= 11 is 0. The molecule has 1 aliphatic carbocycles. The number of hydrogen-bond donors (Lipinski definition) is 1. The van der Waals surface area contributed by atoms with E-state index >= 15 is 0 Å². The third kappa shape index (κ3) is 2.48. The summed E-state index contributed by atoms with van der Waals surface area (Å²) in [5, 5.41) is 3.75. The van der Waals surface area contributed by atoms with Crippen LogP contribution in [0, 0.1) is 5.92 Å². The molecule has 1 saturated heterocycles. The van der Waals surface area contributed by atoms with Crippen molar-refractivity contribution in [2.75, 3.05) is 13.1 Å². The largest absolute Gasteiger partial charge is 0.310 e. The van der Waals surface area contributed by atoms with E-state index in [0.717, 1.165) is 18.0 Å². The smallest absolute Gasteiger partial charge is 0.0209 e. The summed E-state index contributed by atoms with van der Waals surface area (Å²) in [6, 6.07) is 2.38. The van der Waals surface area contributed by atoms with Gasteiger partial charge in [-0.25, -0.2) is 0 Å². The molecule has 82 valence electrons. The summed E-state index contributed by atoms with van der Waals surface area (Å²) in [5.74, 6) is 0.755. The van der Waals surface area contributed by atoms with Gasteiger partial charge in [0, 0.05) is 31.2 Å². The maximum absolute atomic E-state index is 3.75. The molecule has 1 heterocycles. The molecular formula is C12H24N2. The van der Waals surface area contributed by atoms with Crippen LogP contribution in [0.25, 0.3) is 0 Å². The van der Waals surface area contributed by atoms with E-state index in [1.54, 1.807) is 0 Å². The predicted octanol–water partition coefficient (Wildman–Crippen LogP) is 1.86. The topological polar surface area (TPSA) is 15.3 Å². The van der Waals surface area contributed by atoms with E-state index in [1.807, 2.05) is 0 Å². The van der Waals surface area contributed by atoms with Gasteiger partial charge in [-0.1, -0.05) is 13.8 Å². The molecule has 2 atom stereocenters. The highest BCUT2D eigenvalue weighted by Crippen LogP contribution is 2.29. The van der Waals surface area contributed by atoms with Crippen molar-refractivity contribution < 1.29 is 0 Å². The lowest BCUT2D eigenvalue weighted by atomic mass is 10.1. The highest BCUT2D eigenvalue weighted by Gasteiger charge is 2.34. The second kappa shape index (κ2) is 4.19. The molecule has 0 aromatic rings. The Morgan fingerprint density at radius 1 is 1.14 bits per heavy atom. The molecule has 0 amide bonds. The monoisotopic (exact) mass is 196 g/mol. The van der Waals surface area contributed by atoms with Crippen molar-refractivity contribution >= 4 is 0 Å². The molecule has 2 fully saturated rings. The second-order valence-corrected chi connectivity index (χ2v) is 5.41. The van der Waals surface area contributed by atoms with Crippen LogP contribution < -0.4 is 5.32 Å². The summed E-state index contributed by atoms with van der Waals surface area (Å²) in [6.07, 6.45) is 4.26. The lowest BCUT2D eigenvalue weighted by molar-refractivity contribution is 0.305. The lowest BCUT2D eigenvalue weighted by Crippen LogP contribution is -2.41. The summed E-state index contributed by atoms with van der Waals surface area (Å²) in [6.45, 7) is 9.52. The van der Waals surface area contributed by atoms with E-state index in [-0.39, 0.29) is 0 Å². The summed E-state index contributed by atoms with van der Waals surface area (Å²) in [4.78, 5) is 2.67. The fourth-order valence-electron chi connectivity index (χ4n) is 2.26. The van der Waals surface area contributed by atoms with Gasteiger partial charge < -0.3 is 5.32 Å². The molecule has 1 saturated carbocycles. The minimum Gasteiger partial charge on any atom is -0.310 e. The maximum Gasteiger partial charge on any atom is 0.0209 e. The molecular weight excluding hydrogens is 172 g/mol. The normalized spacial score (nSPS) is 31.3. The molecule has 0 aromatic heterocycles. The maximum atomic E-state index is 3.75. The van der Waals surface area contributed by atoms with Crippen LogP contribution in [0.1, 0.15) is 40.0 Å². The van der Waals surface area contributed by atoms with Crippen molar-refractivity contribution in [3.63, 3.8) is 0 Å². The molecule has 2 unspecified atom stereocenters. The Labute approximate surface area is 88.1 Å². The molecule has 1 N–H and O–H groups in total. The zero-order valence-electron chi connectivity index (χ0n) is 9.79. The number of nitrogens with zero attached hydrogens (tertiary/aromatic N) is 1. The minimum atomic E-state index is 0.666. The summed E-state index contributed by atoms with van der Waals surface area (Å²) in [5.41, 5.74) is 0. The number of rotatable bonds is 4. The first-order chi connectivity index (χ1) is 6.66. The van der Waals surface area contributed by atoms with E-state index < -0.39 is 0 Å². The van der Waals surface area contributed by atoms with Crippen LogP contribution in [-0.4, -0.2) is 36.1 Å². The molecule has 2 rings (SSSR count). The highest BCUT2D eigenvalue weighted by molar-refractivity contribution is 4.92. The Bertz CT molecular complexity index is 187. The lowest BCUT2D eigenvalue weighted by Gasteiger charge is -2.23. The predicted molar refractivity (Wildman–Crippen MR) is 60.4 cm³/mol. The molecule has 2 nitrogen and oxygen atoms in total. The Morgan fingerprint density at radius 2 is 1.86 bits per heavy atom. The Morgan fingerprint density at radius 3 is 2.43 bits per heavy atom. The number of hydrogen-bond acceptors (Lipinski definition) is 2. The van der Waals surface area contributed by atoms with E-state index in [0.29, 0.717) is 6.04 Å². The van der Waals surface area contributed by atoms with Gasteiger partial charge in [-0.2, -0.15) is 0 Å². The van der Waals surface area contributed by atoms with Gasteiger partial charge in [0.1, 0.15) is 0 Å². The molecule has 0 radical (unpaired) electrons. The van der Waals surface area contributed by atoms with Crippen molar-refractivity contribution in [3.05, 3.63) is 0 Å². The van der Waals surface area contributed by atoms with Gasteiger partial charge in [-0.15, -0.1) is 0 Å². The van der Waals surface area contributed by atoms with Gasteiger partial charge in [-0.05, 0) is 32.1 Å². The molecule has 1 aliphatic heterocycles. The van der Waals surface area contributed by atoms with Gasteiger partial charge in [0.15, 0.2) is 0 Å². The molecule has 0 aromatic carbocycles. The average Bonchev–Trinajstić information content (AvgIpc) is 2.88. The van der Waals surface area contributed by atoms with Gasteiger partial charge in [0.25, 0.3) is 0 Å². The van der Waals surface area contributed by atoms with Crippen LogP contribution in [0.2, 0.25) is 0 Å². The van der Waals surface area contributed by atoms with Gasteiger partial charge in [-0.3, -0.25) is 4.90 Å². The molecule has 0 bridgehead atoms. The van der Waals surface area contributed by atoms with E-state index in [9.17, 15) is 0 Å². The van der Waals surface area contributed by atoms with Crippen LogP contribution in [0.15, 0.2) is 0 Å². The SMILES string of the molecule is CC(C)C(C)NC1CCN(C2CC2)C1. The molecule has 0 spiro atoms. The van der Waals surface area contributed by atoms with Gasteiger partial charge in [0.2, 0.25) is 0 Å². The van der Waals surface area contributed by atoms with Crippen LogP contribution in [0.4, 0.5) is 0 Å². The first kappa shape index (κ1) is 10.4. The van der Waals surface area contributed by atoms with Crippen molar-refractivity contribution in [1.29, 1.82) is 0 Å². The van der Waals surface area contributed by atoms with Gasteiger partial charge >= 0.3 is 0 Å². The van der Waals surface area contributed by atoms with E-state index in [4.69, 9.17) is 0 Å². The Hall–Kier alpha value is -0.0800. The first-order valence-electron chi connectivity index (χ1n) is 6.17. The quantitative estimate of drug-likeness (QED) is 0.738. The zero-order chi connectivity index (χ0) is 10.1. The van der Waals surface area contributed by atoms with Crippen LogP contribution in [0.3, 0.4) is 0 Å². The first-order valence-corrected chi connectivity index (χ1v) is 6.17. The summed E-state index contributed by atoms with van der Waals surface area (Å²) < 4.78 is 0. The second-order valence-electron chi connectivity index (χ2n) is 5.41. The summed E-state index contributed by atoms with van der Waals surface area (Å²) in [7, 11) is 0. The third-order valence-electron chi connectivity index (χ3n) is 3.78. The molecule has 2 heteroatoms. The van der Waals surface area contributed by atoms with Crippen molar-refractivity contribution in [2.45, 2.75) is 58.2 Å². The number of nitrogens with one attached hydrogen (secondary N) is 1. The van der Waals surface area contributed by atoms with Crippen molar-refractivity contribution in [2.24, 2.45) is 5.92 Å². The fraction of sp³-hybridized carbons (Fsp3) is 1.00. The van der Waals surface area contributed by atoms with Crippen LogP contribution >= 0.6 is 0 Å². The van der Waals surface area contributed by atoms with Crippen molar-refractivity contribution in [3.8, 4) is 0 Å². The number of likely N-dealkylation sites (tertiary alicyclic amines) is 1. The average molecular weight is 196 g/mol. The Kier molecular flexibility index (Phi) is 3.13. The third-order valence-corrected chi connectivity index (χ3v) is 3.78. The fourth-order valence-corrected chi connectivity index (χ4v) is 2.26. The van der Waals surface area contributed by atoms with Crippen LogP contribution in [0.5, 0.6) is 0 Å². The molecule has 14 heavy (non-hydrogen) atoms. The minimum absolute atomic E-state index is 0.666. The van der Waals surface area contributed by atoms with Gasteiger partial charge in [0.05, 0.1) is 0 Å². The van der Waals surface area contributed by atoms with E-state index in [1.165, 1.54) is 32.4 Å². The zero-order valence-corrected chi connectivity index (χ0v) is 9.79. The Balaban J connectivity index is 1.72. The van der Waals surface area contributed by atoms with Crippen molar-refractivity contribution in [1.82, 2.24) is 10.2 Å². The standard InChI is InChI=1S/C12H24N2/c1-9(2)10(3)13-11-6-7-14(8-11)12-4-5-12/h9-13H,4-8H2,1-3H3. The van der Waals surface area contributed by atoms with Crippen LogP contribution in [-0.2, 0) is 0 Å². The highest BCUT2D eigenvalue weighted by atomic mass is 15.2. The van der Waals surface area contributed by atoms with E-state index in [2.05, 4.69) is 31.0 Å².